The predicted molar refractivity (Wildman–Crippen MR) is 125 cm³/mol. The number of nitrogens with zero attached hydrogens (tertiary/aromatic N) is 1. The Morgan fingerprint density at radius 3 is 2.29 bits per heavy atom. The summed E-state index contributed by atoms with van der Waals surface area (Å²) < 4.78 is 30.4. The quantitative estimate of drug-likeness (QED) is 0.403. The summed E-state index contributed by atoms with van der Waals surface area (Å²) in [7, 11) is 0. The van der Waals surface area contributed by atoms with Crippen molar-refractivity contribution in [2.24, 2.45) is 0 Å². The second-order valence-electron chi connectivity index (χ2n) is 7.86. The summed E-state index contributed by atoms with van der Waals surface area (Å²) >= 11 is 1.05. The molecule has 4 rings (SSSR count). The van der Waals surface area contributed by atoms with Gasteiger partial charge in [0.25, 0.3) is 0 Å². The fourth-order valence-corrected chi connectivity index (χ4v) is 4.67. The molecule has 2 amide bonds. The maximum Gasteiger partial charge on any atom is 0.413 e. The molecular formula is C24H21F2N3O5S. The van der Waals surface area contributed by atoms with Gasteiger partial charge in [0.05, 0.1) is 12.1 Å². The molecule has 35 heavy (non-hydrogen) atoms. The van der Waals surface area contributed by atoms with Crippen LogP contribution in [0.15, 0.2) is 53.9 Å². The van der Waals surface area contributed by atoms with Gasteiger partial charge >= 0.3 is 12.1 Å². The highest BCUT2D eigenvalue weighted by atomic mass is 32.1. The van der Waals surface area contributed by atoms with E-state index in [1.165, 1.54) is 5.38 Å². The van der Waals surface area contributed by atoms with Crippen LogP contribution in [0.2, 0.25) is 0 Å². The van der Waals surface area contributed by atoms with Crippen LogP contribution < -0.4 is 10.6 Å². The summed E-state index contributed by atoms with van der Waals surface area (Å²) in [5.74, 6) is -2.41. The molecule has 182 valence electrons. The first kappa shape index (κ1) is 24.3. The summed E-state index contributed by atoms with van der Waals surface area (Å²) in [6.07, 6.45) is -4.90. The van der Waals surface area contributed by atoms with Gasteiger partial charge < -0.3 is 15.2 Å². The number of benzene rings is 2. The van der Waals surface area contributed by atoms with Crippen LogP contribution in [0, 0.1) is 0 Å². The number of halogens is 2. The molecule has 0 saturated heterocycles. The lowest BCUT2D eigenvalue weighted by Gasteiger charge is -2.14. The molecule has 1 aliphatic rings. The normalized spacial score (nSPS) is 13.1. The Balaban J connectivity index is 1.31. The van der Waals surface area contributed by atoms with E-state index < -0.39 is 36.9 Å². The van der Waals surface area contributed by atoms with Crippen molar-refractivity contribution in [2.75, 3.05) is 11.9 Å². The van der Waals surface area contributed by atoms with Crippen LogP contribution in [0.5, 0.6) is 0 Å². The first-order valence-corrected chi connectivity index (χ1v) is 11.6. The molecule has 0 aliphatic heterocycles. The maximum absolute atomic E-state index is 12.5. The molecule has 0 saturated carbocycles. The van der Waals surface area contributed by atoms with Crippen LogP contribution in [-0.2, 0) is 20.7 Å². The standard InChI is InChI=1S/C24H21F2N3O5S/c25-20(26)10-19(22(31)32)28-21(30)9-13-12-35-23(27-13)29-24(33)34-11-18-16-7-3-1-5-14(16)15-6-2-4-8-17(15)18/h1-8,12,18-20H,9-11H2,(H,28,30)(H,31,32)(H,27,29,33). The molecule has 0 fully saturated rings. The molecule has 0 radical (unpaired) electrons. The smallest absolute Gasteiger partial charge is 0.413 e. The summed E-state index contributed by atoms with van der Waals surface area (Å²) in [4.78, 5) is 39.5. The molecule has 3 N–H and O–H groups in total. The highest BCUT2D eigenvalue weighted by Gasteiger charge is 2.29. The van der Waals surface area contributed by atoms with Crippen LogP contribution in [0.3, 0.4) is 0 Å². The van der Waals surface area contributed by atoms with E-state index in [9.17, 15) is 23.2 Å². The van der Waals surface area contributed by atoms with Crippen molar-refractivity contribution in [3.63, 3.8) is 0 Å². The minimum absolute atomic E-state index is 0.0980. The first-order chi connectivity index (χ1) is 16.8. The van der Waals surface area contributed by atoms with Crippen LogP contribution in [0.1, 0.15) is 29.2 Å². The van der Waals surface area contributed by atoms with E-state index in [1.807, 2.05) is 53.8 Å². The SMILES string of the molecule is O=C(Cc1csc(NC(=O)OCC2c3ccccc3-c3ccccc32)n1)NC(CC(F)F)C(=O)O. The number of carbonyl (C=O) groups is 3. The van der Waals surface area contributed by atoms with E-state index in [2.05, 4.69) is 10.3 Å². The molecular weight excluding hydrogens is 480 g/mol. The van der Waals surface area contributed by atoms with Crippen molar-refractivity contribution in [3.05, 3.63) is 70.7 Å². The number of rotatable bonds is 9. The highest BCUT2D eigenvalue weighted by Crippen LogP contribution is 2.44. The second-order valence-corrected chi connectivity index (χ2v) is 8.71. The van der Waals surface area contributed by atoms with Gasteiger partial charge in [0.2, 0.25) is 12.3 Å². The second kappa shape index (κ2) is 10.6. The molecule has 3 aromatic rings. The largest absolute Gasteiger partial charge is 0.480 e. The topological polar surface area (TPSA) is 118 Å². The van der Waals surface area contributed by atoms with Gasteiger partial charge in [-0.3, -0.25) is 10.1 Å². The Kier molecular flexibility index (Phi) is 7.35. The number of carbonyl (C=O) groups excluding carboxylic acids is 2. The summed E-state index contributed by atoms with van der Waals surface area (Å²) in [5, 5.41) is 15.2. The van der Waals surface area contributed by atoms with Crippen molar-refractivity contribution in [1.82, 2.24) is 10.3 Å². The zero-order valence-electron chi connectivity index (χ0n) is 18.2. The Bertz CT molecular complexity index is 1200. The predicted octanol–water partition coefficient (Wildman–Crippen LogP) is 4.27. The number of alkyl halides is 2. The number of hydrogen-bond donors (Lipinski definition) is 3. The van der Waals surface area contributed by atoms with E-state index in [0.29, 0.717) is 0 Å². The van der Waals surface area contributed by atoms with Crippen LogP contribution in [-0.4, -0.2) is 47.1 Å². The number of thiazole rings is 1. The van der Waals surface area contributed by atoms with Crippen molar-refractivity contribution < 1.29 is 33.0 Å². The summed E-state index contributed by atoms with van der Waals surface area (Å²) in [6.45, 7) is 0.126. The number of hydrogen-bond acceptors (Lipinski definition) is 6. The number of carboxylic acid groups (broad SMARTS) is 1. The first-order valence-electron chi connectivity index (χ1n) is 10.7. The third-order valence-electron chi connectivity index (χ3n) is 5.49. The van der Waals surface area contributed by atoms with Crippen molar-refractivity contribution in [3.8, 4) is 11.1 Å². The van der Waals surface area contributed by atoms with Crippen LogP contribution >= 0.6 is 11.3 Å². The molecule has 1 heterocycles. The van der Waals surface area contributed by atoms with Crippen LogP contribution in [0.4, 0.5) is 18.7 Å². The molecule has 1 unspecified atom stereocenters. The van der Waals surface area contributed by atoms with E-state index in [4.69, 9.17) is 9.84 Å². The minimum Gasteiger partial charge on any atom is -0.480 e. The average molecular weight is 502 g/mol. The number of nitrogens with one attached hydrogen (secondary N) is 2. The van der Waals surface area contributed by atoms with Gasteiger partial charge in [-0.25, -0.2) is 23.4 Å². The Hall–Kier alpha value is -3.86. The molecule has 2 aromatic carbocycles. The van der Waals surface area contributed by atoms with Gasteiger partial charge in [-0.1, -0.05) is 48.5 Å². The summed E-state index contributed by atoms with van der Waals surface area (Å²) in [5.41, 5.74) is 4.63. The van der Waals surface area contributed by atoms with Crippen molar-refractivity contribution >= 4 is 34.4 Å². The third-order valence-corrected chi connectivity index (χ3v) is 6.30. The van der Waals surface area contributed by atoms with E-state index >= 15 is 0 Å². The van der Waals surface area contributed by atoms with Gasteiger partial charge in [-0.15, -0.1) is 11.3 Å². The Labute approximate surface area is 203 Å². The fraction of sp³-hybridized carbons (Fsp3) is 0.250. The molecule has 1 aromatic heterocycles. The lowest BCUT2D eigenvalue weighted by molar-refractivity contribution is -0.142. The molecule has 1 atom stereocenters. The van der Waals surface area contributed by atoms with Gasteiger partial charge in [-0.2, -0.15) is 0 Å². The monoisotopic (exact) mass is 501 g/mol. The lowest BCUT2D eigenvalue weighted by Crippen LogP contribution is -2.42. The number of anilines is 1. The molecule has 0 bridgehead atoms. The zero-order valence-corrected chi connectivity index (χ0v) is 19.1. The van der Waals surface area contributed by atoms with Gasteiger partial charge in [0.1, 0.15) is 12.6 Å². The van der Waals surface area contributed by atoms with Crippen molar-refractivity contribution in [2.45, 2.75) is 31.2 Å². The zero-order chi connectivity index (χ0) is 24.9. The molecule has 11 heteroatoms. The van der Waals surface area contributed by atoms with Gasteiger partial charge in [0, 0.05) is 17.7 Å². The number of amides is 2. The lowest BCUT2D eigenvalue weighted by atomic mass is 9.98. The fourth-order valence-electron chi connectivity index (χ4n) is 3.98. The molecule has 1 aliphatic carbocycles. The summed E-state index contributed by atoms with van der Waals surface area (Å²) in [6, 6.07) is 14.2. The molecule has 8 nitrogen and oxygen atoms in total. The van der Waals surface area contributed by atoms with Crippen molar-refractivity contribution in [1.29, 1.82) is 0 Å². The van der Waals surface area contributed by atoms with E-state index in [1.54, 1.807) is 0 Å². The third kappa shape index (κ3) is 5.80. The Morgan fingerprint density at radius 1 is 1.06 bits per heavy atom. The number of ether oxygens (including phenoxy) is 1. The van der Waals surface area contributed by atoms with E-state index in [0.717, 1.165) is 33.6 Å². The van der Waals surface area contributed by atoms with Gasteiger partial charge in [0.15, 0.2) is 5.13 Å². The highest BCUT2D eigenvalue weighted by molar-refractivity contribution is 7.13. The van der Waals surface area contributed by atoms with Gasteiger partial charge in [-0.05, 0) is 22.3 Å². The minimum atomic E-state index is -2.87. The Morgan fingerprint density at radius 2 is 1.69 bits per heavy atom. The van der Waals surface area contributed by atoms with E-state index in [-0.39, 0.29) is 29.8 Å². The number of aromatic nitrogens is 1. The average Bonchev–Trinajstić information content (AvgIpc) is 3.38. The number of aliphatic carboxylic acids is 1. The molecule has 0 spiro atoms. The van der Waals surface area contributed by atoms with Crippen LogP contribution in [0.25, 0.3) is 11.1 Å². The number of fused-ring (bicyclic) bond motifs is 3. The maximum atomic E-state index is 12.5. The number of carboxylic acids is 1.